The average molecular weight is 368 g/mol. The SMILES string of the molecule is O=C(C=Cc1ccc2c(c1)OCO2)N1CCN(Cc2ccc(F)cc2)CC1. The van der Waals surface area contributed by atoms with E-state index in [4.69, 9.17) is 9.47 Å². The lowest BCUT2D eigenvalue weighted by Gasteiger charge is -2.34. The third-order valence-electron chi connectivity index (χ3n) is 4.82. The van der Waals surface area contributed by atoms with Crippen LogP contribution in [0.1, 0.15) is 11.1 Å². The van der Waals surface area contributed by atoms with Crippen molar-refractivity contribution in [2.45, 2.75) is 6.54 Å². The van der Waals surface area contributed by atoms with Crippen molar-refractivity contribution in [3.05, 3.63) is 65.5 Å². The van der Waals surface area contributed by atoms with Gasteiger partial charge in [-0.2, -0.15) is 0 Å². The Labute approximate surface area is 157 Å². The van der Waals surface area contributed by atoms with E-state index >= 15 is 0 Å². The smallest absolute Gasteiger partial charge is 0.246 e. The number of carbonyl (C=O) groups excluding carboxylic acids is 1. The van der Waals surface area contributed by atoms with Gasteiger partial charge in [-0.05, 0) is 41.5 Å². The molecule has 0 unspecified atom stereocenters. The van der Waals surface area contributed by atoms with Crippen molar-refractivity contribution in [1.29, 1.82) is 0 Å². The minimum absolute atomic E-state index is 0.00843. The van der Waals surface area contributed by atoms with Crippen LogP contribution >= 0.6 is 0 Å². The zero-order valence-corrected chi connectivity index (χ0v) is 14.9. The van der Waals surface area contributed by atoms with Crippen molar-refractivity contribution in [2.75, 3.05) is 33.0 Å². The molecule has 2 heterocycles. The summed E-state index contributed by atoms with van der Waals surface area (Å²) >= 11 is 0. The Morgan fingerprint density at radius 1 is 1.00 bits per heavy atom. The van der Waals surface area contributed by atoms with E-state index in [-0.39, 0.29) is 18.5 Å². The quantitative estimate of drug-likeness (QED) is 0.779. The lowest BCUT2D eigenvalue weighted by atomic mass is 10.1. The Bertz CT molecular complexity index is 843. The van der Waals surface area contributed by atoms with E-state index in [1.54, 1.807) is 24.3 Å². The molecule has 5 nitrogen and oxygen atoms in total. The number of hydrogen-bond acceptors (Lipinski definition) is 4. The number of hydrogen-bond donors (Lipinski definition) is 0. The Morgan fingerprint density at radius 2 is 1.74 bits per heavy atom. The van der Waals surface area contributed by atoms with E-state index in [2.05, 4.69) is 4.90 Å². The zero-order valence-electron chi connectivity index (χ0n) is 14.9. The second kappa shape index (κ2) is 7.80. The predicted molar refractivity (Wildman–Crippen MR) is 99.9 cm³/mol. The van der Waals surface area contributed by atoms with Gasteiger partial charge in [-0.1, -0.05) is 18.2 Å². The first kappa shape index (κ1) is 17.5. The molecule has 2 aromatic rings. The van der Waals surface area contributed by atoms with E-state index < -0.39 is 0 Å². The molecule has 2 aliphatic rings. The minimum atomic E-state index is -0.219. The number of amides is 1. The lowest BCUT2D eigenvalue weighted by Crippen LogP contribution is -2.47. The van der Waals surface area contributed by atoms with Crippen molar-refractivity contribution in [3.8, 4) is 11.5 Å². The van der Waals surface area contributed by atoms with Gasteiger partial charge in [0, 0.05) is 38.8 Å². The Hall–Kier alpha value is -2.86. The van der Waals surface area contributed by atoms with E-state index in [1.165, 1.54) is 12.1 Å². The van der Waals surface area contributed by atoms with Crippen molar-refractivity contribution in [1.82, 2.24) is 9.80 Å². The van der Waals surface area contributed by atoms with Crippen LogP contribution in [-0.2, 0) is 11.3 Å². The largest absolute Gasteiger partial charge is 0.454 e. The molecule has 0 bridgehead atoms. The first-order valence-electron chi connectivity index (χ1n) is 9.01. The average Bonchev–Trinajstić information content (AvgIpc) is 3.16. The predicted octanol–water partition coefficient (Wildman–Crippen LogP) is 2.91. The van der Waals surface area contributed by atoms with E-state index in [0.29, 0.717) is 18.8 Å². The van der Waals surface area contributed by atoms with Gasteiger partial charge in [0.15, 0.2) is 11.5 Å². The third-order valence-corrected chi connectivity index (χ3v) is 4.82. The molecular formula is C21H21FN2O3. The van der Waals surface area contributed by atoms with Crippen LogP contribution in [0.5, 0.6) is 11.5 Å². The molecule has 0 spiro atoms. The Morgan fingerprint density at radius 3 is 2.52 bits per heavy atom. The Balaban J connectivity index is 1.28. The summed E-state index contributed by atoms with van der Waals surface area (Å²) < 4.78 is 23.6. The maximum Gasteiger partial charge on any atom is 0.246 e. The molecule has 0 atom stereocenters. The van der Waals surface area contributed by atoms with Gasteiger partial charge in [0.25, 0.3) is 0 Å². The minimum Gasteiger partial charge on any atom is -0.454 e. The topological polar surface area (TPSA) is 42.0 Å². The van der Waals surface area contributed by atoms with Crippen LogP contribution in [0.15, 0.2) is 48.5 Å². The molecule has 0 N–H and O–H groups in total. The van der Waals surface area contributed by atoms with Crippen LogP contribution in [0.2, 0.25) is 0 Å². The number of halogens is 1. The number of rotatable bonds is 4. The number of carbonyl (C=O) groups is 1. The van der Waals surface area contributed by atoms with E-state index in [0.717, 1.165) is 36.5 Å². The van der Waals surface area contributed by atoms with Crippen molar-refractivity contribution in [3.63, 3.8) is 0 Å². The summed E-state index contributed by atoms with van der Waals surface area (Å²) in [5, 5.41) is 0. The van der Waals surface area contributed by atoms with E-state index in [9.17, 15) is 9.18 Å². The monoisotopic (exact) mass is 368 g/mol. The van der Waals surface area contributed by atoms with Crippen molar-refractivity contribution >= 4 is 12.0 Å². The molecule has 0 saturated carbocycles. The molecule has 1 saturated heterocycles. The summed E-state index contributed by atoms with van der Waals surface area (Å²) in [5.41, 5.74) is 1.99. The summed E-state index contributed by atoms with van der Waals surface area (Å²) in [6, 6.07) is 12.2. The molecule has 0 aliphatic carbocycles. The van der Waals surface area contributed by atoms with Gasteiger partial charge < -0.3 is 14.4 Å². The second-order valence-electron chi connectivity index (χ2n) is 6.67. The number of benzene rings is 2. The number of piperazine rings is 1. The van der Waals surface area contributed by atoms with Crippen LogP contribution in [0, 0.1) is 5.82 Å². The first-order chi connectivity index (χ1) is 13.2. The fourth-order valence-corrected chi connectivity index (χ4v) is 3.26. The molecule has 1 fully saturated rings. The van der Waals surface area contributed by atoms with Crippen LogP contribution in [0.3, 0.4) is 0 Å². The molecule has 6 heteroatoms. The number of nitrogens with zero attached hydrogens (tertiary/aromatic N) is 2. The van der Waals surface area contributed by atoms with Gasteiger partial charge in [-0.3, -0.25) is 9.69 Å². The summed E-state index contributed by atoms with van der Waals surface area (Å²) in [5.74, 6) is 1.23. The highest BCUT2D eigenvalue weighted by Gasteiger charge is 2.19. The second-order valence-corrected chi connectivity index (χ2v) is 6.67. The van der Waals surface area contributed by atoms with Crippen LogP contribution in [-0.4, -0.2) is 48.7 Å². The summed E-state index contributed by atoms with van der Waals surface area (Å²) in [6.45, 7) is 4.00. The number of fused-ring (bicyclic) bond motifs is 1. The van der Waals surface area contributed by atoms with Crippen LogP contribution < -0.4 is 9.47 Å². The highest BCUT2D eigenvalue weighted by molar-refractivity contribution is 5.92. The summed E-state index contributed by atoms with van der Waals surface area (Å²) in [6.07, 6.45) is 3.41. The van der Waals surface area contributed by atoms with Crippen molar-refractivity contribution < 1.29 is 18.7 Å². The fraction of sp³-hybridized carbons (Fsp3) is 0.286. The molecule has 1 amide bonds. The molecular weight excluding hydrogens is 347 g/mol. The summed E-state index contributed by atoms with van der Waals surface area (Å²) in [7, 11) is 0. The van der Waals surface area contributed by atoms with Gasteiger partial charge in [0.1, 0.15) is 5.82 Å². The zero-order chi connectivity index (χ0) is 18.6. The highest BCUT2D eigenvalue weighted by Crippen LogP contribution is 2.32. The highest BCUT2D eigenvalue weighted by atomic mass is 19.1. The Kier molecular flexibility index (Phi) is 5.07. The maximum atomic E-state index is 13.0. The standard InChI is InChI=1S/C21H21FN2O3/c22-18-5-1-17(2-6-18)14-23-9-11-24(12-10-23)21(25)8-4-16-3-7-19-20(13-16)27-15-26-19/h1-8,13H,9-12,14-15H2. The molecule has 140 valence electrons. The lowest BCUT2D eigenvalue weighted by molar-refractivity contribution is -0.127. The van der Waals surface area contributed by atoms with E-state index in [1.807, 2.05) is 23.1 Å². The van der Waals surface area contributed by atoms with Gasteiger partial charge in [0.2, 0.25) is 12.7 Å². The molecule has 2 aromatic carbocycles. The van der Waals surface area contributed by atoms with Gasteiger partial charge in [-0.15, -0.1) is 0 Å². The maximum absolute atomic E-state index is 13.0. The van der Waals surface area contributed by atoms with Crippen LogP contribution in [0.4, 0.5) is 4.39 Å². The molecule has 0 aromatic heterocycles. The van der Waals surface area contributed by atoms with Gasteiger partial charge in [-0.25, -0.2) is 4.39 Å². The van der Waals surface area contributed by atoms with Gasteiger partial charge >= 0.3 is 0 Å². The van der Waals surface area contributed by atoms with Crippen molar-refractivity contribution in [2.24, 2.45) is 0 Å². The molecule has 0 radical (unpaired) electrons. The molecule has 4 rings (SSSR count). The normalized spacial score (nSPS) is 16.9. The number of ether oxygens (including phenoxy) is 2. The first-order valence-corrected chi connectivity index (χ1v) is 9.01. The molecule has 27 heavy (non-hydrogen) atoms. The van der Waals surface area contributed by atoms with Gasteiger partial charge in [0.05, 0.1) is 0 Å². The summed E-state index contributed by atoms with van der Waals surface area (Å²) in [4.78, 5) is 16.6. The van der Waals surface area contributed by atoms with Crippen LogP contribution in [0.25, 0.3) is 6.08 Å². The fourth-order valence-electron chi connectivity index (χ4n) is 3.26. The molecule has 2 aliphatic heterocycles. The third kappa shape index (κ3) is 4.28.